The molecule has 1 aromatic heterocycles. The first-order valence-corrected chi connectivity index (χ1v) is 7.94. The third-order valence-corrected chi connectivity index (χ3v) is 4.70. The summed E-state index contributed by atoms with van der Waals surface area (Å²) in [7, 11) is 2.23. The normalized spacial score (nSPS) is 26.9. The molecule has 2 saturated heterocycles. The number of piperazine rings is 1. The molecule has 2 aliphatic heterocycles. The van der Waals surface area contributed by atoms with Crippen molar-refractivity contribution in [2.75, 3.05) is 52.9 Å². The number of hydrogen-bond donors (Lipinski definition) is 0. The van der Waals surface area contributed by atoms with E-state index in [1.165, 1.54) is 64.2 Å². The number of likely N-dealkylation sites (tertiary alicyclic amines) is 1. The molecule has 0 saturated carbocycles. The van der Waals surface area contributed by atoms with Gasteiger partial charge < -0.3 is 14.2 Å². The summed E-state index contributed by atoms with van der Waals surface area (Å²) in [5.74, 6) is 0.846. The summed E-state index contributed by atoms with van der Waals surface area (Å²) in [5, 5.41) is 0. The lowest BCUT2D eigenvalue weighted by Crippen LogP contribution is -2.48. The summed E-state index contributed by atoms with van der Waals surface area (Å²) in [6.07, 6.45) is 6.40. The van der Waals surface area contributed by atoms with Crippen molar-refractivity contribution in [2.45, 2.75) is 19.4 Å². The highest BCUT2D eigenvalue weighted by atomic mass is 16.3. The highest BCUT2D eigenvalue weighted by Gasteiger charge is 2.23. The highest BCUT2D eigenvalue weighted by Crippen LogP contribution is 2.20. The number of rotatable bonds is 4. The van der Waals surface area contributed by atoms with Crippen molar-refractivity contribution in [3.63, 3.8) is 0 Å². The van der Waals surface area contributed by atoms with Crippen molar-refractivity contribution in [2.24, 2.45) is 5.92 Å². The lowest BCUT2D eigenvalue weighted by molar-refractivity contribution is 0.0965. The van der Waals surface area contributed by atoms with E-state index in [2.05, 4.69) is 27.8 Å². The topological polar surface area (TPSA) is 22.9 Å². The van der Waals surface area contributed by atoms with Crippen LogP contribution < -0.4 is 0 Å². The van der Waals surface area contributed by atoms with Crippen LogP contribution >= 0.6 is 0 Å². The Morgan fingerprint density at radius 3 is 2.75 bits per heavy atom. The molecule has 20 heavy (non-hydrogen) atoms. The molecule has 4 heteroatoms. The van der Waals surface area contributed by atoms with Crippen LogP contribution in [0.25, 0.3) is 0 Å². The number of nitrogens with zero attached hydrogens (tertiary/aromatic N) is 3. The molecule has 1 unspecified atom stereocenters. The molecule has 0 N–H and O–H groups in total. The molecule has 1 atom stereocenters. The number of hydrogen-bond acceptors (Lipinski definition) is 4. The van der Waals surface area contributed by atoms with E-state index in [0.717, 1.165) is 12.5 Å². The van der Waals surface area contributed by atoms with E-state index < -0.39 is 0 Å². The second-order valence-electron chi connectivity index (χ2n) is 6.48. The number of likely N-dealkylation sites (N-methyl/N-ethyl adjacent to an activating group) is 1. The maximum absolute atomic E-state index is 5.17. The Morgan fingerprint density at radius 2 is 2.00 bits per heavy atom. The number of piperidine rings is 1. The zero-order valence-electron chi connectivity index (χ0n) is 12.6. The molecule has 0 amide bonds. The Labute approximate surface area is 122 Å². The van der Waals surface area contributed by atoms with Gasteiger partial charge in [-0.15, -0.1) is 0 Å². The average molecular weight is 277 g/mol. The SMILES string of the molecule is CN1CCN(CC2CCCN(Cc3ccoc3)C2)CC1. The van der Waals surface area contributed by atoms with Crippen LogP contribution in [-0.2, 0) is 6.54 Å². The van der Waals surface area contributed by atoms with Crippen molar-refractivity contribution in [3.05, 3.63) is 24.2 Å². The van der Waals surface area contributed by atoms with E-state index in [9.17, 15) is 0 Å². The van der Waals surface area contributed by atoms with Gasteiger partial charge in [-0.2, -0.15) is 0 Å². The predicted octanol–water partition coefficient (Wildman–Crippen LogP) is 1.74. The molecule has 0 radical (unpaired) electrons. The van der Waals surface area contributed by atoms with Gasteiger partial charge in [0.1, 0.15) is 0 Å². The van der Waals surface area contributed by atoms with Gasteiger partial charge in [0.05, 0.1) is 12.5 Å². The van der Waals surface area contributed by atoms with Gasteiger partial charge in [-0.1, -0.05) is 0 Å². The Kier molecular flexibility index (Phi) is 4.76. The van der Waals surface area contributed by atoms with Crippen molar-refractivity contribution in [1.29, 1.82) is 0 Å². The van der Waals surface area contributed by atoms with E-state index in [0.29, 0.717) is 0 Å². The zero-order valence-corrected chi connectivity index (χ0v) is 12.6. The molecule has 0 aliphatic carbocycles. The van der Waals surface area contributed by atoms with Crippen LogP contribution in [0, 0.1) is 5.92 Å². The zero-order chi connectivity index (χ0) is 13.8. The van der Waals surface area contributed by atoms with Gasteiger partial charge in [0, 0.05) is 51.4 Å². The summed E-state index contributed by atoms with van der Waals surface area (Å²) in [4.78, 5) is 7.68. The third kappa shape index (κ3) is 3.84. The fourth-order valence-corrected chi connectivity index (χ4v) is 3.48. The molecule has 1 aromatic rings. The van der Waals surface area contributed by atoms with E-state index in [1.807, 2.05) is 6.26 Å². The molecule has 4 nitrogen and oxygen atoms in total. The monoisotopic (exact) mass is 277 g/mol. The molecule has 2 fully saturated rings. The predicted molar refractivity (Wildman–Crippen MR) is 80.6 cm³/mol. The maximum Gasteiger partial charge on any atom is 0.0947 e. The van der Waals surface area contributed by atoms with Crippen LogP contribution in [0.4, 0.5) is 0 Å². The van der Waals surface area contributed by atoms with E-state index in [-0.39, 0.29) is 0 Å². The van der Waals surface area contributed by atoms with Gasteiger partial charge in [0.2, 0.25) is 0 Å². The molecule has 0 aromatic carbocycles. The molecule has 0 spiro atoms. The molecule has 0 bridgehead atoms. The second-order valence-corrected chi connectivity index (χ2v) is 6.48. The standard InChI is InChI=1S/C16H27N3O/c1-17-6-8-18(9-7-17)11-15-3-2-5-19(12-15)13-16-4-10-20-14-16/h4,10,14-15H,2-3,5-9,11-13H2,1H3. The van der Waals surface area contributed by atoms with Crippen LogP contribution in [0.15, 0.2) is 23.0 Å². The lowest BCUT2D eigenvalue weighted by Gasteiger charge is -2.38. The Morgan fingerprint density at radius 1 is 1.15 bits per heavy atom. The summed E-state index contributed by atoms with van der Waals surface area (Å²) in [5.41, 5.74) is 1.31. The summed E-state index contributed by atoms with van der Waals surface area (Å²) < 4.78 is 5.17. The second kappa shape index (κ2) is 6.74. The van der Waals surface area contributed by atoms with Crippen LogP contribution in [0.5, 0.6) is 0 Å². The Balaban J connectivity index is 1.45. The molecule has 3 rings (SSSR count). The first-order valence-electron chi connectivity index (χ1n) is 7.94. The average Bonchev–Trinajstić information content (AvgIpc) is 2.95. The van der Waals surface area contributed by atoms with Gasteiger partial charge in [0.25, 0.3) is 0 Å². The van der Waals surface area contributed by atoms with Crippen LogP contribution in [0.1, 0.15) is 18.4 Å². The lowest BCUT2D eigenvalue weighted by atomic mass is 9.97. The van der Waals surface area contributed by atoms with E-state index >= 15 is 0 Å². The molecule has 2 aliphatic rings. The van der Waals surface area contributed by atoms with Gasteiger partial charge >= 0.3 is 0 Å². The first-order chi connectivity index (χ1) is 9.79. The van der Waals surface area contributed by atoms with Crippen molar-refractivity contribution in [1.82, 2.24) is 14.7 Å². The van der Waals surface area contributed by atoms with Crippen LogP contribution in [0.3, 0.4) is 0 Å². The minimum atomic E-state index is 0.846. The molecular formula is C16H27N3O. The van der Waals surface area contributed by atoms with Crippen molar-refractivity contribution in [3.8, 4) is 0 Å². The van der Waals surface area contributed by atoms with Gasteiger partial charge in [0.15, 0.2) is 0 Å². The van der Waals surface area contributed by atoms with E-state index in [4.69, 9.17) is 4.42 Å². The fourth-order valence-electron chi connectivity index (χ4n) is 3.48. The Bertz CT molecular complexity index is 384. The quantitative estimate of drug-likeness (QED) is 0.836. The minimum absolute atomic E-state index is 0.846. The van der Waals surface area contributed by atoms with Crippen LogP contribution in [-0.4, -0.2) is 67.6 Å². The molecule has 112 valence electrons. The van der Waals surface area contributed by atoms with E-state index in [1.54, 1.807) is 6.26 Å². The van der Waals surface area contributed by atoms with Gasteiger partial charge in [-0.3, -0.25) is 4.90 Å². The van der Waals surface area contributed by atoms with Crippen molar-refractivity contribution >= 4 is 0 Å². The van der Waals surface area contributed by atoms with Crippen molar-refractivity contribution < 1.29 is 4.42 Å². The highest BCUT2D eigenvalue weighted by molar-refractivity contribution is 5.05. The third-order valence-electron chi connectivity index (χ3n) is 4.70. The number of furan rings is 1. The molecular weight excluding hydrogens is 250 g/mol. The summed E-state index contributed by atoms with van der Waals surface area (Å²) in [6, 6.07) is 2.09. The maximum atomic E-state index is 5.17. The summed E-state index contributed by atoms with van der Waals surface area (Å²) in [6.45, 7) is 9.77. The minimum Gasteiger partial charge on any atom is -0.472 e. The summed E-state index contributed by atoms with van der Waals surface area (Å²) >= 11 is 0. The largest absolute Gasteiger partial charge is 0.472 e. The van der Waals surface area contributed by atoms with Crippen LogP contribution in [0.2, 0.25) is 0 Å². The smallest absolute Gasteiger partial charge is 0.0947 e. The van der Waals surface area contributed by atoms with Gasteiger partial charge in [-0.05, 0) is 38.4 Å². The Hall–Kier alpha value is -0.840. The first kappa shape index (κ1) is 14.1. The molecule has 3 heterocycles. The fraction of sp³-hybridized carbons (Fsp3) is 0.750. The van der Waals surface area contributed by atoms with Gasteiger partial charge in [-0.25, -0.2) is 0 Å².